The van der Waals surface area contributed by atoms with Gasteiger partial charge in [0.1, 0.15) is 0 Å². The van der Waals surface area contributed by atoms with Crippen molar-refractivity contribution in [2.45, 2.75) is 0 Å². The van der Waals surface area contributed by atoms with Crippen LogP contribution in [0.25, 0.3) is 0 Å². The zero-order chi connectivity index (χ0) is 12.0. The molecule has 0 aliphatic carbocycles. The third-order valence-corrected chi connectivity index (χ3v) is 2.82. The van der Waals surface area contributed by atoms with Crippen LogP contribution in [-0.4, -0.2) is 14.9 Å². The third-order valence-electron chi connectivity index (χ3n) is 1.50. The number of nitrogens with one attached hydrogen (secondary N) is 1. The number of carboxylic acid groups (broad SMARTS) is 1. The molecule has 1 aliphatic heterocycles. The first kappa shape index (κ1) is 13.3. The Balaban J connectivity index is 0.000000165. The minimum Gasteiger partial charge on any atom is -0.478 e. The highest BCUT2D eigenvalue weighted by Gasteiger charge is 2.05. The molecule has 1 heterocycles. The van der Waals surface area contributed by atoms with Crippen LogP contribution in [0.5, 0.6) is 0 Å². The standard InChI is InChI=1S/C7H6O2.C2H4N2S3/c8-7(9)6-4-2-1-3-5-6;5-2-1-3-4(6)7-2/h1-5H,(H,8,9);1,3,5-6H. The van der Waals surface area contributed by atoms with Crippen LogP contribution >= 0.6 is 37.4 Å². The molecule has 0 radical (unpaired) electrons. The number of hydrazine groups is 1. The minimum absolute atomic E-state index is 0.331. The quantitative estimate of drug-likeness (QED) is 0.468. The topological polar surface area (TPSA) is 52.6 Å². The van der Waals surface area contributed by atoms with Crippen LogP contribution in [-0.2, 0) is 0 Å². The van der Waals surface area contributed by atoms with E-state index in [2.05, 4.69) is 30.9 Å². The smallest absolute Gasteiger partial charge is 0.335 e. The van der Waals surface area contributed by atoms with Gasteiger partial charge >= 0.3 is 5.97 Å². The van der Waals surface area contributed by atoms with E-state index >= 15 is 0 Å². The summed E-state index contributed by atoms with van der Waals surface area (Å²) in [5.41, 5.74) is 3.12. The van der Waals surface area contributed by atoms with E-state index in [4.69, 9.17) is 5.11 Å². The second-order valence-electron chi connectivity index (χ2n) is 2.65. The molecule has 2 N–H and O–H groups in total. The van der Waals surface area contributed by atoms with Gasteiger partial charge in [-0.3, -0.25) is 0 Å². The Hall–Kier alpha value is -0.760. The van der Waals surface area contributed by atoms with Gasteiger partial charge in [0.05, 0.1) is 9.80 Å². The van der Waals surface area contributed by atoms with Crippen molar-refractivity contribution in [3.63, 3.8) is 0 Å². The van der Waals surface area contributed by atoms with Crippen molar-refractivity contribution in [1.29, 1.82) is 0 Å². The molecule has 16 heavy (non-hydrogen) atoms. The van der Waals surface area contributed by atoms with Crippen LogP contribution in [0.1, 0.15) is 10.4 Å². The van der Waals surface area contributed by atoms with Crippen LogP contribution in [0.15, 0.2) is 40.8 Å². The van der Waals surface area contributed by atoms with E-state index in [0.717, 1.165) is 4.24 Å². The molecule has 0 fully saturated rings. The lowest BCUT2D eigenvalue weighted by Gasteiger charge is -2.01. The summed E-state index contributed by atoms with van der Waals surface area (Å²) >= 11 is 9.39. The van der Waals surface area contributed by atoms with Crippen LogP contribution in [0.2, 0.25) is 0 Å². The first-order chi connectivity index (χ1) is 7.59. The number of hydrogen-bond donors (Lipinski definition) is 4. The Kier molecular flexibility index (Phi) is 5.61. The van der Waals surface area contributed by atoms with Crippen molar-refractivity contribution < 1.29 is 9.90 Å². The normalized spacial score (nSPS) is 14.5. The van der Waals surface area contributed by atoms with Gasteiger partial charge in [0.25, 0.3) is 0 Å². The van der Waals surface area contributed by atoms with Crippen molar-refractivity contribution >= 4 is 43.4 Å². The lowest BCUT2D eigenvalue weighted by molar-refractivity contribution is 0.0697. The average molecular weight is 274 g/mol. The Morgan fingerprint density at radius 2 is 2.00 bits per heavy atom. The molecule has 0 amide bonds. The highest BCUT2D eigenvalue weighted by Crippen LogP contribution is 2.27. The van der Waals surface area contributed by atoms with E-state index in [9.17, 15) is 4.79 Å². The van der Waals surface area contributed by atoms with Gasteiger partial charge in [-0.25, -0.2) is 4.79 Å². The number of carboxylic acids is 1. The molecule has 0 saturated heterocycles. The predicted molar refractivity (Wildman–Crippen MR) is 72.0 cm³/mol. The molecule has 0 atom stereocenters. The molecule has 1 aliphatic rings. The Morgan fingerprint density at radius 3 is 2.25 bits per heavy atom. The summed E-state index contributed by atoms with van der Waals surface area (Å²) in [4.78, 5) is 10.2. The number of rotatable bonds is 1. The monoisotopic (exact) mass is 274 g/mol. The molecule has 0 saturated carbocycles. The number of nitrogens with zero attached hydrogens (tertiary/aromatic N) is 1. The summed E-state index contributed by atoms with van der Waals surface area (Å²) in [5, 5.41) is 8.38. The van der Waals surface area contributed by atoms with E-state index in [1.807, 2.05) is 0 Å². The fraction of sp³-hybridized carbons (Fsp3) is 0. The van der Waals surface area contributed by atoms with Crippen LogP contribution in [0.4, 0.5) is 0 Å². The molecule has 0 aromatic heterocycles. The second kappa shape index (κ2) is 6.74. The predicted octanol–water partition coefficient (Wildman–Crippen LogP) is 2.41. The van der Waals surface area contributed by atoms with Crippen molar-refractivity contribution in [3.8, 4) is 0 Å². The Labute approximate surface area is 109 Å². The minimum atomic E-state index is -0.879. The number of hydrogen-bond acceptors (Lipinski definition) is 6. The van der Waals surface area contributed by atoms with E-state index in [0.29, 0.717) is 5.56 Å². The molecular weight excluding hydrogens is 264 g/mol. The number of benzene rings is 1. The van der Waals surface area contributed by atoms with Gasteiger partial charge in [-0.05, 0) is 24.1 Å². The van der Waals surface area contributed by atoms with E-state index in [-0.39, 0.29) is 0 Å². The summed E-state index contributed by atoms with van der Waals surface area (Å²) in [5.74, 6) is -0.879. The number of carbonyl (C=O) groups is 1. The summed E-state index contributed by atoms with van der Waals surface area (Å²) < 4.78 is 2.50. The maximum atomic E-state index is 10.2. The molecule has 7 heteroatoms. The Morgan fingerprint density at radius 1 is 1.38 bits per heavy atom. The van der Waals surface area contributed by atoms with Gasteiger partial charge in [0.2, 0.25) is 0 Å². The molecule has 2 rings (SSSR count). The first-order valence-electron chi connectivity index (χ1n) is 4.20. The SMILES string of the molecule is O=C(O)c1ccccc1.SC1=CNN(S)S1. The van der Waals surface area contributed by atoms with Gasteiger partial charge < -0.3 is 10.5 Å². The van der Waals surface area contributed by atoms with Gasteiger partial charge in [-0.1, -0.05) is 31.0 Å². The Bertz CT molecular complexity index is 384. The average Bonchev–Trinajstić information content (AvgIpc) is 2.65. The lowest BCUT2D eigenvalue weighted by atomic mass is 10.2. The van der Waals surface area contributed by atoms with E-state index in [1.165, 1.54) is 11.9 Å². The summed E-state index contributed by atoms with van der Waals surface area (Å²) in [6, 6.07) is 8.30. The molecule has 1 aromatic rings. The first-order valence-corrected chi connectivity index (χ1v) is 5.82. The van der Waals surface area contributed by atoms with E-state index < -0.39 is 5.97 Å². The molecule has 0 bridgehead atoms. The highest BCUT2D eigenvalue weighted by molar-refractivity contribution is 8.18. The van der Waals surface area contributed by atoms with Crippen molar-refractivity contribution in [2.75, 3.05) is 0 Å². The number of aromatic carboxylic acids is 1. The number of thiol groups is 2. The van der Waals surface area contributed by atoms with Crippen LogP contribution in [0.3, 0.4) is 0 Å². The van der Waals surface area contributed by atoms with E-state index in [1.54, 1.807) is 40.4 Å². The molecular formula is C9H10N2O2S3. The molecule has 4 nitrogen and oxygen atoms in total. The second-order valence-corrected chi connectivity index (χ2v) is 5.09. The largest absolute Gasteiger partial charge is 0.478 e. The van der Waals surface area contributed by atoms with Crippen molar-refractivity contribution in [2.24, 2.45) is 0 Å². The molecule has 86 valence electrons. The zero-order valence-corrected chi connectivity index (χ0v) is 10.7. The summed E-state index contributed by atoms with van der Waals surface area (Å²) in [6.07, 6.45) is 1.76. The van der Waals surface area contributed by atoms with Crippen LogP contribution < -0.4 is 5.43 Å². The molecule has 0 unspecified atom stereocenters. The third kappa shape index (κ3) is 4.84. The van der Waals surface area contributed by atoms with Gasteiger partial charge in [-0.15, -0.1) is 16.4 Å². The fourth-order valence-corrected chi connectivity index (χ4v) is 2.04. The maximum absolute atomic E-state index is 10.2. The summed E-state index contributed by atoms with van der Waals surface area (Å²) in [6.45, 7) is 0. The van der Waals surface area contributed by atoms with Crippen LogP contribution in [0, 0.1) is 0 Å². The zero-order valence-electron chi connectivity index (χ0n) is 8.07. The maximum Gasteiger partial charge on any atom is 0.335 e. The van der Waals surface area contributed by atoms with Crippen molar-refractivity contribution in [1.82, 2.24) is 9.25 Å². The fourth-order valence-electron chi connectivity index (χ4n) is 0.832. The highest BCUT2D eigenvalue weighted by atomic mass is 32.2. The molecule has 1 aromatic carbocycles. The van der Waals surface area contributed by atoms with Gasteiger partial charge in [-0.2, -0.15) is 0 Å². The summed E-state index contributed by atoms with van der Waals surface area (Å²) in [7, 11) is 0. The lowest BCUT2D eigenvalue weighted by Crippen LogP contribution is -2.10. The molecule has 0 spiro atoms. The van der Waals surface area contributed by atoms with Crippen molar-refractivity contribution in [3.05, 3.63) is 46.3 Å². The van der Waals surface area contributed by atoms with Gasteiger partial charge in [0.15, 0.2) is 0 Å². The van der Waals surface area contributed by atoms with Gasteiger partial charge in [0, 0.05) is 6.20 Å².